The van der Waals surface area contributed by atoms with Gasteiger partial charge in [-0.1, -0.05) is 100 Å². The highest BCUT2D eigenvalue weighted by Gasteiger charge is 2.23. The summed E-state index contributed by atoms with van der Waals surface area (Å²) in [6.07, 6.45) is 6.67. The van der Waals surface area contributed by atoms with Gasteiger partial charge in [0.15, 0.2) is 6.29 Å². The van der Waals surface area contributed by atoms with E-state index in [-0.39, 0.29) is 17.3 Å². The third kappa shape index (κ3) is 8.16. The van der Waals surface area contributed by atoms with Crippen molar-refractivity contribution in [1.29, 1.82) is 0 Å². The lowest BCUT2D eigenvalue weighted by Gasteiger charge is -2.23. The highest BCUT2D eigenvalue weighted by molar-refractivity contribution is 5.82. The molecule has 0 saturated heterocycles. The number of carbonyl (C=O) groups excluding carboxylic acids is 1. The van der Waals surface area contributed by atoms with Crippen molar-refractivity contribution in [3.63, 3.8) is 0 Å². The van der Waals surface area contributed by atoms with E-state index in [1.807, 2.05) is 43.3 Å². The van der Waals surface area contributed by atoms with Gasteiger partial charge in [-0.3, -0.25) is 4.79 Å². The minimum atomic E-state index is -0.637. The van der Waals surface area contributed by atoms with E-state index < -0.39 is 6.29 Å². The first kappa shape index (κ1) is 26.3. The molecule has 0 aromatic heterocycles. The molecule has 2 aromatic rings. The molecular weight excluding hydrogens is 436 g/mol. The van der Waals surface area contributed by atoms with Crippen molar-refractivity contribution in [2.24, 2.45) is 11.3 Å². The van der Waals surface area contributed by atoms with Crippen molar-refractivity contribution in [2.45, 2.75) is 53.8 Å². The fourth-order valence-corrected chi connectivity index (χ4v) is 4.13. The zero-order valence-corrected chi connectivity index (χ0v) is 21.5. The third-order valence-corrected chi connectivity index (χ3v) is 5.59. The number of esters is 1. The van der Waals surface area contributed by atoms with Gasteiger partial charge in [-0.15, -0.1) is 0 Å². The molecule has 2 aromatic carbocycles. The van der Waals surface area contributed by atoms with Crippen LogP contribution in [-0.4, -0.2) is 25.5 Å². The molecule has 35 heavy (non-hydrogen) atoms. The first-order chi connectivity index (χ1) is 16.7. The van der Waals surface area contributed by atoms with Gasteiger partial charge in [0.25, 0.3) is 0 Å². The van der Waals surface area contributed by atoms with Gasteiger partial charge in [0, 0.05) is 17.5 Å². The zero-order valence-electron chi connectivity index (χ0n) is 21.5. The molecule has 0 aliphatic heterocycles. The predicted octanol–water partition coefficient (Wildman–Crippen LogP) is 7.06. The molecule has 4 heteroatoms. The van der Waals surface area contributed by atoms with Crippen LogP contribution in [0.25, 0.3) is 16.7 Å². The smallest absolute Gasteiger partial charge is 0.310 e. The van der Waals surface area contributed by atoms with Crippen LogP contribution in [0.5, 0.6) is 5.75 Å². The predicted molar refractivity (Wildman–Crippen MR) is 142 cm³/mol. The Hall–Kier alpha value is -3.29. The summed E-state index contributed by atoms with van der Waals surface area (Å²) in [5, 5.41) is 0. The van der Waals surface area contributed by atoms with Crippen LogP contribution in [0, 0.1) is 23.2 Å². The molecule has 0 bridgehead atoms. The largest absolute Gasteiger partial charge is 0.490 e. The van der Waals surface area contributed by atoms with Crippen molar-refractivity contribution in [3.8, 4) is 28.7 Å². The number of carbonyl (C=O) groups is 1. The van der Waals surface area contributed by atoms with Crippen LogP contribution < -0.4 is 4.74 Å². The Morgan fingerprint density at radius 3 is 2.49 bits per heavy atom. The quantitative estimate of drug-likeness (QED) is 0.161. The Kier molecular flexibility index (Phi) is 9.34. The first-order valence-corrected chi connectivity index (χ1v) is 12.2. The maximum absolute atomic E-state index is 12.4. The van der Waals surface area contributed by atoms with Crippen LogP contribution in [-0.2, 0) is 14.3 Å². The second-order valence-electron chi connectivity index (χ2n) is 9.99. The fraction of sp³-hybridized carbons (Fsp3) is 0.387. The Balaban J connectivity index is 1.67. The number of benzene rings is 2. The normalized spacial score (nSPS) is 14.7. The summed E-state index contributed by atoms with van der Waals surface area (Å²) in [5.41, 5.74) is 4.28. The number of allylic oxidation sites excluding steroid dienone is 4. The van der Waals surface area contributed by atoms with Crippen molar-refractivity contribution in [1.82, 2.24) is 0 Å². The third-order valence-electron chi connectivity index (χ3n) is 5.59. The summed E-state index contributed by atoms with van der Waals surface area (Å²) in [6, 6.07) is 16.4. The zero-order chi connectivity index (χ0) is 25.3. The SMILES string of the molecule is CC(OCCOc1c(C2=CC=CC#CC2)cccc1-c1ccccc1)OC(=O)C(C)CC(C)(C)C. The van der Waals surface area contributed by atoms with Crippen LogP contribution in [0.3, 0.4) is 0 Å². The van der Waals surface area contributed by atoms with E-state index in [0.717, 1.165) is 34.4 Å². The maximum Gasteiger partial charge on any atom is 0.310 e. The minimum Gasteiger partial charge on any atom is -0.490 e. The molecule has 4 nitrogen and oxygen atoms in total. The molecule has 0 amide bonds. The molecular formula is C31H36O4. The first-order valence-electron chi connectivity index (χ1n) is 12.2. The summed E-state index contributed by atoms with van der Waals surface area (Å²) in [4.78, 5) is 12.4. The lowest BCUT2D eigenvalue weighted by atomic mass is 9.85. The van der Waals surface area contributed by atoms with Gasteiger partial charge < -0.3 is 14.2 Å². The molecule has 3 rings (SSSR count). The maximum atomic E-state index is 12.4. The summed E-state index contributed by atoms with van der Waals surface area (Å²) < 4.78 is 17.5. The Morgan fingerprint density at radius 2 is 1.74 bits per heavy atom. The van der Waals surface area contributed by atoms with Gasteiger partial charge in [0.2, 0.25) is 0 Å². The lowest BCUT2D eigenvalue weighted by molar-refractivity contribution is -0.180. The molecule has 0 spiro atoms. The van der Waals surface area contributed by atoms with Crippen LogP contribution in [0.4, 0.5) is 0 Å². The molecule has 1 aliphatic carbocycles. The van der Waals surface area contributed by atoms with Gasteiger partial charge in [0.05, 0.1) is 12.5 Å². The second-order valence-corrected chi connectivity index (χ2v) is 9.99. The van der Waals surface area contributed by atoms with Gasteiger partial charge in [-0.2, -0.15) is 0 Å². The van der Waals surface area contributed by atoms with Crippen LogP contribution in [0.2, 0.25) is 0 Å². The molecule has 0 heterocycles. The molecule has 2 unspecified atom stereocenters. The van der Waals surface area contributed by atoms with E-state index in [0.29, 0.717) is 19.6 Å². The van der Waals surface area contributed by atoms with E-state index in [9.17, 15) is 4.79 Å². The van der Waals surface area contributed by atoms with Crippen molar-refractivity contribution < 1.29 is 19.0 Å². The Labute approximate surface area is 210 Å². The Morgan fingerprint density at radius 1 is 1.00 bits per heavy atom. The molecule has 0 saturated carbocycles. The lowest BCUT2D eigenvalue weighted by Crippen LogP contribution is -2.26. The summed E-state index contributed by atoms with van der Waals surface area (Å²) in [7, 11) is 0. The van der Waals surface area contributed by atoms with E-state index in [4.69, 9.17) is 14.2 Å². The topological polar surface area (TPSA) is 44.8 Å². The molecule has 0 radical (unpaired) electrons. The number of ether oxygens (including phenoxy) is 3. The van der Waals surface area contributed by atoms with Crippen LogP contribution in [0.15, 0.2) is 66.8 Å². The average molecular weight is 473 g/mol. The van der Waals surface area contributed by atoms with Gasteiger partial charge in [-0.05, 0) is 36.0 Å². The minimum absolute atomic E-state index is 0.0639. The number of hydrogen-bond donors (Lipinski definition) is 0. The van der Waals surface area contributed by atoms with Gasteiger partial charge in [-0.25, -0.2) is 0 Å². The Bertz CT molecular complexity index is 1110. The average Bonchev–Trinajstić information content (AvgIpc) is 3.11. The molecule has 2 atom stereocenters. The van der Waals surface area contributed by atoms with Crippen molar-refractivity contribution in [2.75, 3.05) is 13.2 Å². The summed E-state index contributed by atoms with van der Waals surface area (Å²) >= 11 is 0. The highest BCUT2D eigenvalue weighted by atomic mass is 16.7. The van der Waals surface area contributed by atoms with Gasteiger partial charge in [0.1, 0.15) is 12.4 Å². The van der Waals surface area contributed by atoms with Crippen molar-refractivity contribution >= 4 is 11.5 Å². The number of rotatable bonds is 10. The van der Waals surface area contributed by atoms with Gasteiger partial charge >= 0.3 is 5.97 Å². The highest BCUT2D eigenvalue weighted by Crippen LogP contribution is 2.38. The van der Waals surface area contributed by atoms with E-state index in [2.05, 4.69) is 63.0 Å². The summed E-state index contributed by atoms with van der Waals surface area (Å²) in [6.45, 7) is 10.6. The molecule has 184 valence electrons. The molecule has 1 aliphatic rings. The van der Waals surface area contributed by atoms with E-state index in [1.165, 1.54) is 0 Å². The monoisotopic (exact) mass is 472 g/mol. The van der Waals surface area contributed by atoms with E-state index in [1.54, 1.807) is 6.92 Å². The van der Waals surface area contributed by atoms with Crippen LogP contribution >= 0.6 is 0 Å². The molecule has 0 N–H and O–H groups in total. The fourth-order valence-electron chi connectivity index (χ4n) is 4.13. The standard InChI is InChI=1S/C31H36O4/c1-23(22-31(3,4)5)30(32)35-24(2)33-20-21-34-29-27(25-14-9-6-7-10-15-25)18-13-19-28(29)26-16-11-8-12-17-26/h6,8-9,11-14,16-19,23-24H,15,20-22H2,1-5H3. The number of hydrogen-bond acceptors (Lipinski definition) is 4. The van der Waals surface area contributed by atoms with Crippen molar-refractivity contribution in [3.05, 3.63) is 72.3 Å². The number of para-hydroxylation sites is 1. The second kappa shape index (κ2) is 12.4. The summed E-state index contributed by atoms with van der Waals surface area (Å²) in [5.74, 6) is 6.59. The molecule has 0 fully saturated rings. The van der Waals surface area contributed by atoms with Crippen LogP contribution in [0.1, 0.15) is 53.0 Å². The van der Waals surface area contributed by atoms with E-state index >= 15 is 0 Å².